The zero-order valence-corrected chi connectivity index (χ0v) is 10.8. The molecule has 0 heterocycles. The number of hydrogen-bond donors (Lipinski definition) is 1. The summed E-state index contributed by atoms with van der Waals surface area (Å²) in [4.78, 5) is 1.27. The Morgan fingerprint density at radius 1 is 1.32 bits per heavy atom. The maximum Gasteiger partial charge on any atom is 0.401 e. The molecule has 0 spiro atoms. The second-order valence-electron chi connectivity index (χ2n) is 4.25. The van der Waals surface area contributed by atoms with Gasteiger partial charge in [-0.2, -0.15) is 13.2 Å². The molecule has 1 N–H and O–H groups in total. The molecular formula is C13H18F3NO2. The van der Waals surface area contributed by atoms with Gasteiger partial charge in [0.2, 0.25) is 0 Å². The summed E-state index contributed by atoms with van der Waals surface area (Å²) < 4.78 is 42.4. The topological polar surface area (TPSA) is 32.7 Å². The van der Waals surface area contributed by atoms with Gasteiger partial charge < -0.3 is 9.84 Å². The third-order valence-electron chi connectivity index (χ3n) is 2.58. The molecular weight excluding hydrogens is 259 g/mol. The number of aliphatic hydroxyl groups excluding tert-OH is 1. The standard InChI is InChI=1S/C13H18F3NO2/c1-19-12-5-2-4-11(8-12)9-17(6-3-7-18)10-13(14,15)16/h2,4-5,8,18H,3,6-7,9-10H2,1H3. The molecule has 0 fully saturated rings. The van der Waals surface area contributed by atoms with Crippen molar-refractivity contribution in [3.63, 3.8) is 0 Å². The van der Waals surface area contributed by atoms with Crippen LogP contribution in [0.25, 0.3) is 0 Å². The average molecular weight is 277 g/mol. The van der Waals surface area contributed by atoms with Gasteiger partial charge in [-0.25, -0.2) is 0 Å². The highest BCUT2D eigenvalue weighted by Gasteiger charge is 2.30. The minimum absolute atomic E-state index is 0.119. The lowest BCUT2D eigenvalue weighted by Crippen LogP contribution is -2.34. The van der Waals surface area contributed by atoms with Crippen LogP contribution in [0, 0.1) is 0 Å². The average Bonchev–Trinajstić information content (AvgIpc) is 2.34. The Labute approximate surface area is 110 Å². The molecule has 0 aliphatic carbocycles. The zero-order chi connectivity index (χ0) is 14.3. The Morgan fingerprint density at radius 2 is 2.05 bits per heavy atom. The van der Waals surface area contributed by atoms with Gasteiger partial charge in [-0.05, 0) is 24.1 Å². The van der Waals surface area contributed by atoms with Gasteiger partial charge in [-0.15, -0.1) is 0 Å². The first-order chi connectivity index (χ1) is 8.94. The van der Waals surface area contributed by atoms with Crippen LogP contribution in [-0.4, -0.2) is 43.0 Å². The van der Waals surface area contributed by atoms with Crippen molar-refractivity contribution >= 4 is 0 Å². The van der Waals surface area contributed by atoms with Gasteiger partial charge in [0.05, 0.1) is 13.7 Å². The minimum Gasteiger partial charge on any atom is -0.497 e. The Morgan fingerprint density at radius 3 is 2.63 bits per heavy atom. The number of aliphatic hydroxyl groups is 1. The van der Waals surface area contributed by atoms with Gasteiger partial charge in [-0.1, -0.05) is 12.1 Å². The third-order valence-corrected chi connectivity index (χ3v) is 2.58. The first kappa shape index (κ1) is 15.8. The molecule has 1 aromatic rings. The van der Waals surface area contributed by atoms with Crippen molar-refractivity contribution in [1.29, 1.82) is 0 Å². The second-order valence-corrected chi connectivity index (χ2v) is 4.25. The van der Waals surface area contributed by atoms with Crippen LogP contribution in [0.15, 0.2) is 24.3 Å². The van der Waals surface area contributed by atoms with Crippen LogP contribution in [-0.2, 0) is 6.54 Å². The SMILES string of the molecule is COc1cccc(CN(CCCO)CC(F)(F)F)c1. The van der Waals surface area contributed by atoms with E-state index in [9.17, 15) is 13.2 Å². The molecule has 108 valence electrons. The van der Waals surface area contributed by atoms with Crippen LogP contribution in [0.3, 0.4) is 0 Å². The Balaban J connectivity index is 2.69. The molecule has 0 aliphatic heterocycles. The largest absolute Gasteiger partial charge is 0.497 e. The van der Waals surface area contributed by atoms with Crippen LogP contribution in [0.1, 0.15) is 12.0 Å². The van der Waals surface area contributed by atoms with Crippen LogP contribution in [0.4, 0.5) is 13.2 Å². The minimum atomic E-state index is -4.24. The third kappa shape index (κ3) is 6.45. The number of methoxy groups -OCH3 is 1. The smallest absolute Gasteiger partial charge is 0.401 e. The molecule has 6 heteroatoms. The number of benzene rings is 1. The highest BCUT2D eigenvalue weighted by molar-refractivity contribution is 5.28. The Hall–Kier alpha value is -1.27. The van der Waals surface area contributed by atoms with E-state index in [0.717, 1.165) is 5.56 Å². The predicted molar refractivity (Wildman–Crippen MR) is 66.0 cm³/mol. The van der Waals surface area contributed by atoms with Crippen LogP contribution in [0.5, 0.6) is 5.75 Å². The molecule has 0 aromatic heterocycles. The summed E-state index contributed by atoms with van der Waals surface area (Å²) in [6.07, 6.45) is -3.92. The van der Waals surface area contributed by atoms with Crippen LogP contribution >= 0.6 is 0 Å². The fraction of sp³-hybridized carbons (Fsp3) is 0.538. The maximum atomic E-state index is 12.5. The van der Waals surface area contributed by atoms with E-state index in [2.05, 4.69) is 0 Å². The van der Waals surface area contributed by atoms with E-state index in [1.54, 1.807) is 24.3 Å². The van der Waals surface area contributed by atoms with Gasteiger partial charge >= 0.3 is 6.18 Å². The molecule has 0 aliphatic rings. The summed E-state index contributed by atoms with van der Waals surface area (Å²) in [7, 11) is 1.51. The highest BCUT2D eigenvalue weighted by atomic mass is 19.4. The predicted octanol–water partition coefficient (Wildman–Crippen LogP) is 2.44. The summed E-state index contributed by atoms with van der Waals surface area (Å²) >= 11 is 0. The van der Waals surface area contributed by atoms with Crippen molar-refractivity contribution in [3.8, 4) is 5.75 Å². The van der Waals surface area contributed by atoms with Crippen molar-refractivity contribution in [2.75, 3.05) is 26.8 Å². The summed E-state index contributed by atoms with van der Waals surface area (Å²) in [6, 6.07) is 6.95. The van der Waals surface area contributed by atoms with E-state index in [-0.39, 0.29) is 19.7 Å². The van der Waals surface area contributed by atoms with Crippen molar-refractivity contribution in [3.05, 3.63) is 29.8 Å². The first-order valence-electron chi connectivity index (χ1n) is 5.97. The number of halogens is 3. The number of rotatable bonds is 7. The van der Waals surface area contributed by atoms with Gasteiger partial charge in [0.25, 0.3) is 0 Å². The van der Waals surface area contributed by atoms with Crippen LogP contribution < -0.4 is 4.74 Å². The van der Waals surface area contributed by atoms with E-state index < -0.39 is 12.7 Å². The quantitative estimate of drug-likeness (QED) is 0.831. The number of ether oxygens (including phenoxy) is 1. The summed E-state index contributed by atoms with van der Waals surface area (Å²) in [5, 5.41) is 8.73. The molecule has 1 aromatic carbocycles. The van der Waals surface area contributed by atoms with Crippen molar-refractivity contribution in [1.82, 2.24) is 4.90 Å². The van der Waals surface area contributed by atoms with E-state index in [0.29, 0.717) is 12.2 Å². The summed E-state index contributed by atoms with van der Waals surface area (Å²) in [5.74, 6) is 0.617. The normalized spacial score (nSPS) is 11.9. The monoisotopic (exact) mass is 277 g/mol. The van der Waals surface area contributed by atoms with Crippen LogP contribution in [0.2, 0.25) is 0 Å². The molecule has 3 nitrogen and oxygen atoms in total. The molecule has 0 amide bonds. The molecule has 0 saturated heterocycles. The maximum absolute atomic E-state index is 12.5. The van der Waals surface area contributed by atoms with Gasteiger partial charge in [0.15, 0.2) is 0 Å². The lowest BCUT2D eigenvalue weighted by molar-refractivity contribution is -0.147. The Kier molecular flexibility index (Phi) is 6.11. The molecule has 19 heavy (non-hydrogen) atoms. The van der Waals surface area contributed by atoms with Gasteiger partial charge in [0.1, 0.15) is 5.75 Å². The van der Waals surface area contributed by atoms with Gasteiger partial charge in [0, 0.05) is 19.7 Å². The number of alkyl halides is 3. The van der Waals surface area contributed by atoms with E-state index in [1.807, 2.05) is 0 Å². The van der Waals surface area contributed by atoms with Crippen molar-refractivity contribution < 1.29 is 23.0 Å². The van der Waals surface area contributed by atoms with E-state index in [1.165, 1.54) is 12.0 Å². The first-order valence-corrected chi connectivity index (χ1v) is 5.97. The molecule has 1 rings (SSSR count). The van der Waals surface area contributed by atoms with Crippen molar-refractivity contribution in [2.45, 2.75) is 19.1 Å². The van der Waals surface area contributed by atoms with E-state index >= 15 is 0 Å². The van der Waals surface area contributed by atoms with Crippen molar-refractivity contribution in [2.24, 2.45) is 0 Å². The molecule has 0 unspecified atom stereocenters. The van der Waals surface area contributed by atoms with E-state index in [4.69, 9.17) is 9.84 Å². The lowest BCUT2D eigenvalue weighted by Gasteiger charge is -2.23. The molecule has 0 atom stereocenters. The molecule has 0 bridgehead atoms. The lowest BCUT2D eigenvalue weighted by atomic mass is 10.2. The summed E-state index contributed by atoms with van der Waals surface area (Å²) in [6.45, 7) is -0.722. The number of hydrogen-bond acceptors (Lipinski definition) is 3. The highest BCUT2D eigenvalue weighted by Crippen LogP contribution is 2.20. The van der Waals surface area contributed by atoms with Gasteiger partial charge in [-0.3, -0.25) is 4.90 Å². The molecule has 0 saturated carbocycles. The fourth-order valence-electron chi connectivity index (χ4n) is 1.79. The fourth-order valence-corrected chi connectivity index (χ4v) is 1.79. The molecule has 0 radical (unpaired) electrons. The summed E-state index contributed by atoms with van der Waals surface area (Å²) in [5.41, 5.74) is 0.751. The number of nitrogens with zero attached hydrogens (tertiary/aromatic N) is 1. The second kappa shape index (κ2) is 7.35. The Bertz CT molecular complexity index is 382. The zero-order valence-electron chi connectivity index (χ0n) is 10.8.